The maximum absolute atomic E-state index is 12.0. The van der Waals surface area contributed by atoms with Crippen LogP contribution in [0.15, 0.2) is 0 Å². The topological polar surface area (TPSA) is 91.8 Å². The SMILES string of the molecule is CCC1CN(S(=O)(=O)CCS(C)(=O)=O)CCC1O. The molecule has 1 rings (SSSR count). The Kier molecular flexibility index (Phi) is 5.16. The number of nitrogens with zero attached hydrogens (tertiary/aromatic N) is 1. The summed E-state index contributed by atoms with van der Waals surface area (Å²) in [6.07, 6.45) is 1.68. The molecule has 1 saturated heterocycles. The van der Waals surface area contributed by atoms with Crippen LogP contribution in [0.25, 0.3) is 0 Å². The summed E-state index contributed by atoms with van der Waals surface area (Å²) in [4.78, 5) is 0. The molecule has 2 unspecified atom stereocenters. The van der Waals surface area contributed by atoms with Gasteiger partial charge in [0.05, 0.1) is 17.6 Å². The molecule has 2 atom stereocenters. The van der Waals surface area contributed by atoms with Crippen molar-refractivity contribution in [3.8, 4) is 0 Å². The van der Waals surface area contributed by atoms with Crippen LogP contribution in [0.2, 0.25) is 0 Å². The molecule has 1 N–H and O–H groups in total. The summed E-state index contributed by atoms with van der Waals surface area (Å²) in [5.41, 5.74) is 0. The van der Waals surface area contributed by atoms with Crippen LogP contribution < -0.4 is 0 Å². The average Bonchev–Trinajstić information content (AvgIpc) is 2.26. The molecule has 0 aromatic heterocycles. The monoisotopic (exact) mass is 299 g/mol. The fourth-order valence-electron chi connectivity index (χ4n) is 2.03. The van der Waals surface area contributed by atoms with Crippen LogP contribution in [-0.4, -0.2) is 63.2 Å². The lowest BCUT2D eigenvalue weighted by atomic mass is 9.94. The summed E-state index contributed by atoms with van der Waals surface area (Å²) in [6, 6.07) is 0. The van der Waals surface area contributed by atoms with Gasteiger partial charge in [0.15, 0.2) is 0 Å². The van der Waals surface area contributed by atoms with E-state index < -0.39 is 26.0 Å². The number of hydrogen-bond acceptors (Lipinski definition) is 5. The largest absolute Gasteiger partial charge is 0.393 e. The molecule has 0 saturated carbocycles. The molecule has 6 nitrogen and oxygen atoms in total. The first kappa shape index (κ1) is 15.9. The molecular formula is C10H21NO5S2. The van der Waals surface area contributed by atoms with E-state index in [9.17, 15) is 21.9 Å². The number of aliphatic hydroxyl groups excluding tert-OH is 1. The molecular weight excluding hydrogens is 278 g/mol. The van der Waals surface area contributed by atoms with E-state index in [-0.39, 0.29) is 30.5 Å². The van der Waals surface area contributed by atoms with Gasteiger partial charge in [-0.15, -0.1) is 0 Å². The predicted octanol–water partition coefficient (Wildman–Crippen LogP) is -0.546. The fourth-order valence-corrected chi connectivity index (χ4v) is 5.14. The van der Waals surface area contributed by atoms with Gasteiger partial charge in [-0.2, -0.15) is 0 Å². The van der Waals surface area contributed by atoms with Crippen molar-refractivity contribution >= 4 is 19.9 Å². The molecule has 0 aliphatic carbocycles. The first-order valence-corrected chi connectivity index (χ1v) is 9.66. The van der Waals surface area contributed by atoms with Gasteiger partial charge >= 0.3 is 0 Å². The highest BCUT2D eigenvalue weighted by atomic mass is 32.2. The highest BCUT2D eigenvalue weighted by Crippen LogP contribution is 2.22. The van der Waals surface area contributed by atoms with E-state index in [1.807, 2.05) is 6.92 Å². The summed E-state index contributed by atoms with van der Waals surface area (Å²) in [5, 5.41) is 9.69. The lowest BCUT2D eigenvalue weighted by Crippen LogP contribution is -2.47. The van der Waals surface area contributed by atoms with Gasteiger partial charge in [-0.05, 0) is 18.8 Å². The Labute approximate surface area is 109 Å². The van der Waals surface area contributed by atoms with Crippen LogP contribution in [0.5, 0.6) is 0 Å². The van der Waals surface area contributed by atoms with Gasteiger partial charge in [-0.3, -0.25) is 0 Å². The van der Waals surface area contributed by atoms with Crippen LogP contribution in [0.3, 0.4) is 0 Å². The van der Waals surface area contributed by atoms with Crippen molar-refractivity contribution in [2.24, 2.45) is 5.92 Å². The van der Waals surface area contributed by atoms with Crippen LogP contribution in [0.4, 0.5) is 0 Å². The standard InChI is InChI=1S/C10H21NO5S2/c1-3-9-8-11(5-4-10(9)12)18(15,16)7-6-17(2,13)14/h9-10,12H,3-8H2,1-2H3. The smallest absolute Gasteiger partial charge is 0.215 e. The van der Waals surface area contributed by atoms with Crippen molar-refractivity contribution in [3.63, 3.8) is 0 Å². The number of aliphatic hydroxyl groups is 1. The quantitative estimate of drug-likeness (QED) is 0.735. The zero-order valence-electron chi connectivity index (χ0n) is 10.7. The first-order chi connectivity index (χ1) is 8.15. The van der Waals surface area contributed by atoms with Crippen molar-refractivity contribution < 1.29 is 21.9 Å². The lowest BCUT2D eigenvalue weighted by molar-refractivity contribution is 0.0521. The highest BCUT2D eigenvalue weighted by molar-refractivity contribution is 7.93. The number of hydrogen-bond donors (Lipinski definition) is 1. The van der Waals surface area contributed by atoms with Gasteiger partial charge in [0.1, 0.15) is 9.84 Å². The van der Waals surface area contributed by atoms with Crippen molar-refractivity contribution in [1.29, 1.82) is 0 Å². The maximum atomic E-state index is 12.0. The maximum Gasteiger partial charge on any atom is 0.215 e. The molecule has 1 aliphatic heterocycles. The van der Waals surface area contributed by atoms with Crippen LogP contribution in [0.1, 0.15) is 19.8 Å². The predicted molar refractivity (Wildman–Crippen MR) is 69.5 cm³/mol. The molecule has 0 aromatic rings. The third kappa shape index (κ3) is 4.49. The second kappa shape index (κ2) is 5.85. The minimum Gasteiger partial charge on any atom is -0.393 e. The van der Waals surface area contributed by atoms with E-state index in [1.54, 1.807) is 0 Å². The van der Waals surface area contributed by atoms with Crippen molar-refractivity contribution in [2.45, 2.75) is 25.9 Å². The number of piperidine rings is 1. The van der Waals surface area contributed by atoms with Gasteiger partial charge in [0.2, 0.25) is 10.0 Å². The van der Waals surface area contributed by atoms with E-state index in [1.165, 1.54) is 4.31 Å². The second-order valence-corrected chi connectivity index (χ2v) is 9.18. The van der Waals surface area contributed by atoms with E-state index in [4.69, 9.17) is 0 Å². The fraction of sp³-hybridized carbons (Fsp3) is 1.00. The number of sulfone groups is 1. The van der Waals surface area contributed by atoms with Gasteiger partial charge in [-0.25, -0.2) is 21.1 Å². The second-order valence-electron chi connectivity index (χ2n) is 4.83. The molecule has 0 spiro atoms. The van der Waals surface area contributed by atoms with Crippen LogP contribution >= 0.6 is 0 Å². The van der Waals surface area contributed by atoms with Gasteiger partial charge in [-0.1, -0.05) is 6.92 Å². The van der Waals surface area contributed by atoms with E-state index in [0.29, 0.717) is 12.8 Å². The molecule has 1 heterocycles. The summed E-state index contributed by atoms with van der Waals surface area (Å²) in [5.74, 6) is -0.796. The third-order valence-corrected chi connectivity index (χ3v) is 6.33. The van der Waals surface area contributed by atoms with Crippen molar-refractivity contribution in [1.82, 2.24) is 4.31 Å². The van der Waals surface area contributed by atoms with Crippen molar-refractivity contribution in [2.75, 3.05) is 30.9 Å². The molecule has 0 bridgehead atoms. The molecule has 0 radical (unpaired) electrons. The molecule has 8 heteroatoms. The zero-order chi connectivity index (χ0) is 14.0. The van der Waals surface area contributed by atoms with E-state index in [2.05, 4.69) is 0 Å². The Morgan fingerprint density at radius 1 is 1.22 bits per heavy atom. The van der Waals surface area contributed by atoms with Gasteiger partial charge in [0.25, 0.3) is 0 Å². The third-order valence-electron chi connectivity index (χ3n) is 3.29. The Hall–Kier alpha value is -0.180. The summed E-state index contributed by atoms with van der Waals surface area (Å²) in [6.45, 7) is 2.45. The highest BCUT2D eigenvalue weighted by Gasteiger charge is 2.33. The molecule has 18 heavy (non-hydrogen) atoms. The van der Waals surface area contributed by atoms with Crippen molar-refractivity contribution in [3.05, 3.63) is 0 Å². The minimum atomic E-state index is -3.54. The summed E-state index contributed by atoms with van der Waals surface area (Å²) in [7, 11) is -6.82. The first-order valence-electron chi connectivity index (χ1n) is 5.99. The summed E-state index contributed by atoms with van der Waals surface area (Å²) >= 11 is 0. The van der Waals surface area contributed by atoms with Gasteiger partial charge < -0.3 is 5.11 Å². The Morgan fingerprint density at radius 3 is 2.33 bits per heavy atom. The Bertz CT molecular complexity index is 470. The molecule has 108 valence electrons. The zero-order valence-corrected chi connectivity index (χ0v) is 12.4. The lowest BCUT2D eigenvalue weighted by Gasteiger charge is -2.34. The normalized spacial score (nSPS) is 27.3. The average molecular weight is 299 g/mol. The number of rotatable bonds is 5. The summed E-state index contributed by atoms with van der Waals surface area (Å²) < 4.78 is 47.3. The van der Waals surface area contributed by atoms with E-state index >= 15 is 0 Å². The molecule has 0 aromatic carbocycles. The molecule has 1 aliphatic rings. The van der Waals surface area contributed by atoms with Gasteiger partial charge in [0, 0.05) is 19.3 Å². The Balaban J connectivity index is 2.68. The van der Waals surface area contributed by atoms with E-state index in [0.717, 1.165) is 6.26 Å². The molecule has 1 fully saturated rings. The minimum absolute atomic E-state index is 0.0632. The van der Waals surface area contributed by atoms with Crippen LogP contribution in [-0.2, 0) is 19.9 Å². The van der Waals surface area contributed by atoms with Crippen LogP contribution in [0, 0.1) is 5.92 Å². The number of sulfonamides is 1. The Morgan fingerprint density at radius 2 is 1.83 bits per heavy atom. The molecule has 0 amide bonds.